The number of hydrogen-bond donors (Lipinski definition) is 3. The standard InChI is InChI=1S/C31H37N3O6S2/c1-21-9-7-8-12-25(21)27-17-22(13-14-26(27)30(35)32-28(31(36)37)15-16-41-3)19-34-20-24(18-29(34)33-40-2)42(38,39)23-10-5-4-6-11-23/h4-14,17,24,28-29,33H,15-16,18-20H2,1-3H3,(H,32,35)(H,36,37)/t24-,28-,29+/m1/s1. The van der Waals surface area contributed by atoms with E-state index >= 15 is 0 Å². The molecule has 0 saturated carbocycles. The number of carbonyl (C=O) groups is 2. The van der Waals surface area contributed by atoms with Crippen LogP contribution < -0.4 is 10.8 Å². The number of carboxylic acids is 1. The SMILES string of the molecule is CON[C@@H]1C[C@@H](S(=O)(=O)c2ccccc2)CN1Cc1ccc(C(=O)N[C@H](CCSC)C(=O)O)c(-c2ccccc2C)c1. The Bertz CT molecular complexity index is 1500. The van der Waals surface area contributed by atoms with Crippen molar-refractivity contribution < 1.29 is 28.0 Å². The monoisotopic (exact) mass is 611 g/mol. The minimum atomic E-state index is -3.55. The highest BCUT2D eigenvalue weighted by Gasteiger charge is 2.40. The average Bonchev–Trinajstić information content (AvgIpc) is 3.38. The maximum absolute atomic E-state index is 13.4. The molecule has 3 atom stereocenters. The zero-order chi connectivity index (χ0) is 30.3. The maximum atomic E-state index is 13.4. The van der Waals surface area contributed by atoms with Crippen molar-refractivity contribution in [2.75, 3.05) is 25.7 Å². The van der Waals surface area contributed by atoms with Crippen LogP contribution in [0.4, 0.5) is 0 Å². The van der Waals surface area contributed by atoms with Gasteiger partial charge in [0.2, 0.25) is 0 Å². The van der Waals surface area contributed by atoms with Crippen LogP contribution >= 0.6 is 11.8 Å². The molecule has 1 amide bonds. The van der Waals surface area contributed by atoms with E-state index in [4.69, 9.17) is 4.84 Å². The summed E-state index contributed by atoms with van der Waals surface area (Å²) in [5.41, 5.74) is 6.70. The van der Waals surface area contributed by atoms with Crippen LogP contribution in [0, 0.1) is 6.92 Å². The van der Waals surface area contributed by atoms with E-state index in [9.17, 15) is 23.1 Å². The summed E-state index contributed by atoms with van der Waals surface area (Å²) >= 11 is 1.52. The number of amides is 1. The van der Waals surface area contributed by atoms with Crippen LogP contribution in [0.1, 0.15) is 34.3 Å². The Morgan fingerprint density at radius 1 is 1.07 bits per heavy atom. The molecule has 9 nitrogen and oxygen atoms in total. The number of sulfone groups is 1. The number of nitrogens with zero attached hydrogens (tertiary/aromatic N) is 1. The zero-order valence-electron chi connectivity index (χ0n) is 23.9. The molecule has 0 bridgehead atoms. The van der Waals surface area contributed by atoms with Crippen LogP contribution in [0.5, 0.6) is 0 Å². The van der Waals surface area contributed by atoms with Crippen molar-refractivity contribution in [3.8, 4) is 11.1 Å². The topological polar surface area (TPSA) is 125 Å². The van der Waals surface area contributed by atoms with E-state index in [2.05, 4.69) is 10.8 Å². The van der Waals surface area contributed by atoms with Gasteiger partial charge in [-0.25, -0.2) is 13.2 Å². The molecule has 1 saturated heterocycles. The molecule has 1 heterocycles. The summed E-state index contributed by atoms with van der Waals surface area (Å²) in [5, 5.41) is 11.7. The van der Waals surface area contributed by atoms with Gasteiger partial charge in [-0.15, -0.1) is 0 Å². The van der Waals surface area contributed by atoms with E-state index in [0.29, 0.717) is 47.7 Å². The molecule has 224 valence electrons. The summed E-state index contributed by atoms with van der Waals surface area (Å²) in [6, 6.07) is 20.6. The molecule has 1 aliphatic heterocycles. The van der Waals surface area contributed by atoms with Crippen LogP contribution in [-0.2, 0) is 26.0 Å². The molecule has 11 heteroatoms. The van der Waals surface area contributed by atoms with Gasteiger partial charge in [-0.2, -0.15) is 17.2 Å². The molecule has 0 unspecified atom stereocenters. The van der Waals surface area contributed by atoms with Gasteiger partial charge in [0.15, 0.2) is 9.84 Å². The van der Waals surface area contributed by atoms with Crippen LogP contribution in [0.2, 0.25) is 0 Å². The van der Waals surface area contributed by atoms with Gasteiger partial charge in [-0.3, -0.25) is 9.69 Å². The van der Waals surface area contributed by atoms with Crippen molar-refractivity contribution in [1.82, 2.24) is 15.7 Å². The Kier molecular flexibility index (Phi) is 10.8. The molecule has 3 N–H and O–H groups in total. The number of nitrogens with one attached hydrogen (secondary N) is 2. The number of carbonyl (C=O) groups excluding carboxylic acids is 1. The molecule has 4 rings (SSSR count). The number of carboxylic acid groups (broad SMARTS) is 1. The van der Waals surface area contributed by atoms with Crippen molar-refractivity contribution in [2.45, 2.75) is 48.7 Å². The lowest BCUT2D eigenvalue weighted by molar-refractivity contribution is -0.139. The lowest BCUT2D eigenvalue weighted by atomic mass is 9.93. The number of rotatable bonds is 13. The zero-order valence-corrected chi connectivity index (χ0v) is 25.6. The van der Waals surface area contributed by atoms with Crippen molar-refractivity contribution >= 4 is 33.5 Å². The van der Waals surface area contributed by atoms with Gasteiger partial charge in [0.1, 0.15) is 6.04 Å². The lowest BCUT2D eigenvalue weighted by Gasteiger charge is -2.25. The number of likely N-dealkylation sites (tertiary alicyclic amines) is 1. The second kappa shape index (κ2) is 14.3. The fourth-order valence-corrected chi connectivity index (χ4v) is 7.49. The minimum Gasteiger partial charge on any atom is -0.480 e. The van der Waals surface area contributed by atoms with Gasteiger partial charge < -0.3 is 15.3 Å². The number of hydroxylamine groups is 1. The Labute approximate surface area is 251 Å². The Morgan fingerprint density at radius 3 is 2.45 bits per heavy atom. The molecule has 0 spiro atoms. The molecule has 3 aromatic carbocycles. The summed E-state index contributed by atoms with van der Waals surface area (Å²) in [6.45, 7) is 2.67. The van der Waals surface area contributed by atoms with E-state index in [1.807, 2.05) is 54.5 Å². The van der Waals surface area contributed by atoms with Crippen molar-refractivity contribution in [3.05, 3.63) is 89.5 Å². The highest BCUT2D eigenvalue weighted by Crippen LogP contribution is 2.32. The van der Waals surface area contributed by atoms with Crippen LogP contribution in [0.15, 0.2) is 77.7 Å². The highest BCUT2D eigenvalue weighted by atomic mass is 32.2. The van der Waals surface area contributed by atoms with Gasteiger partial charge in [-0.05, 0) is 78.3 Å². The molecule has 1 fully saturated rings. The quantitative estimate of drug-likeness (QED) is 0.245. The second-order valence-corrected chi connectivity index (χ2v) is 13.5. The summed E-state index contributed by atoms with van der Waals surface area (Å²) < 4.78 is 26.8. The molecular weight excluding hydrogens is 574 g/mol. The van der Waals surface area contributed by atoms with Crippen LogP contribution in [0.3, 0.4) is 0 Å². The summed E-state index contributed by atoms with van der Waals surface area (Å²) in [4.78, 5) is 32.8. The van der Waals surface area contributed by atoms with E-state index in [1.165, 1.54) is 18.9 Å². The Morgan fingerprint density at radius 2 is 1.79 bits per heavy atom. The van der Waals surface area contributed by atoms with E-state index in [-0.39, 0.29) is 6.17 Å². The molecule has 0 aromatic heterocycles. The third kappa shape index (κ3) is 7.40. The summed E-state index contributed by atoms with van der Waals surface area (Å²) in [6.07, 6.45) is 2.22. The van der Waals surface area contributed by atoms with Crippen LogP contribution in [-0.4, -0.2) is 73.4 Å². The van der Waals surface area contributed by atoms with Gasteiger partial charge in [0, 0.05) is 18.7 Å². The number of hydrogen-bond acceptors (Lipinski definition) is 8. The second-order valence-electron chi connectivity index (χ2n) is 10.3. The van der Waals surface area contributed by atoms with Gasteiger partial charge >= 0.3 is 5.97 Å². The lowest BCUT2D eigenvalue weighted by Crippen LogP contribution is -2.41. The highest BCUT2D eigenvalue weighted by molar-refractivity contribution is 7.98. The largest absolute Gasteiger partial charge is 0.480 e. The van der Waals surface area contributed by atoms with Crippen LogP contribution in [0.25, 0.3) is 11.1 Å². The first kappa shape index (κ1) is 31.7. The molecule has 0 aliphatic carbocycles. The average molecular weight is 612 g/mol. The maximum Gasteiger partial charge on any atom is 0.326 e. The molecule has 42 heavy (non-hydrogen) atoms. The smallest absolute Gasteiger partial charge is 0.326 e. The molecule has 0 radical (unpaired) electrons. The van der Waals surface area contributed by atoms with Crippen molar-refractivity contribution in [1.29, 1.82) is 0 Å². The number of aryl methyl sites for hydroxylation is 1. The third-order valence-corrected chi connectivity index (χ3v) is 10.3. The van der Waals surface area contributed by atoms with E-state index in [0.717, 1.165) is 16.7 Å². The number of thioether (sulfide) groups is 1. The summed E-state index contributed by atoms with van der Waals surface area (Å²) in [5.74, 6) is -0.923. The first-order chi connectivity index (χ1) is 20.1. The first-order valence-electron chi connectivity index (χ1n) is 13.7. The first-order valence-corrected chi connectivity index (χ1v) is 16.6. The van der Waals surface area contributed by atoms with Crippen molar-refractivity contribution in [2.24, 2.45) is 0 Å². The number of aliphatic carboxylic acids is 1. The molecule has 1 aliphatic rings. The predicted molar refractivity (Wildman–Crippen MR) is 165 cm³/mol. The predicted octanol–water partition coefficient (Wildman–Crippen LogP) is 4.12. The van der Waals surface area contributed by atoms with Gasteiger partial charge in [0.05, 0.1) is 23.4 Å². The Hall–Kier alpha value is -3.22. The normalized spacial score (nSPS) is 18.1. The van der Waals surface area contributed by atoms with Crippen molar-refractivity contribution in [3.63, 3.8) is 0 Å². The van der Waals surface area contributed by atoms with Gasteiger partial charge in [-0.1, -0.05) is 48.5 Å². The third-order valence-electron chi connectivity index (χ3n) is 7.49. The van der Waals surface area contributed by atoms with Gasteiger partial charge in [0.25, 0.3) is 5.91 Å². The number of benzene rings is 3. The fraction of sp³-hybridized carbons (Fsp3) is 0.355. The minimum absolute atomic E-state index is 0.294. The molecule has 3 aromatic rings. The van der Waals surface area contributed by atoms with E-state index in [1.54, 1.807) is 36.4 Å². The fourth-order valence-electron chi connectivity index (χ4n) is 5.27. The summed E-state index contributed by atoms with van der Waals surface area (Å²) in [7, 11) is -2.05. The van der Waals surface area contributed by atoms with E-state index < -0.39 is 33.0 Å². The molecular formula is C31H37N3O6S2. The Balaban J connectivity index is 1.64.